The van der Waals surface area contributed by atoms with Crippen LogP contribution in [0.5, 0.6) is 0 Å². The van der Waals surface area contributed by atoms with Crippen LogP contribution in [-0.2, 0) is 11.8 Å². The lowest BCUT2D eigenvalue weighted by molar-refractivity contribution is -0.0227. The Balaban J connectivity index is 1.62. The quantitative estimate of drug-likeness (QED) is 0.725. The summed E-state index contributed by atoms with van der Waals surface area (Å²) in [5, 5.41) is 1.01. The summed E-state index contributed by atoms with van der Waals surface area (Å²) in [5.74, 6) is 0.0797. The first-order valence-corrected chi connectivity index (χ1v) is 8.24. The van der Waals surface area contributed by atoms with Gasteiger partial charge >= 0.3 is 0 Å². The van der Waals surface area contributed by atoms with E-state index in [1.54, 1.807) is 0 Å². The van der Waals surface area contributed by atoms with Crippen LogP contribution in [0.15, 0.2) is 60.8 Å². The van der Waals surface area contributed by atoms with Gasteiger partial charge in [-0.15, -0.1) is 0 Å². The van der Waals surface area contributed by atoms with Crippen molar-refractivity contribution in [2.24, 2.45) is 7.05 Å². The number of aryl methyl sites for hydroxylation is 1. The van der Waals surface area contributed by atoms with Gasteiger partial charge in [0.2, 0.25) is 0 Å². The minimum Gasteiger partial charge on any atom is -0.370 e. The SMILES string of the molecule is Cn1ccc2c(C(=O)N3CCO[C@@H](c4ccccc4)C3)cccc21. The highest BCUT2D eigenvalue weighted by Gasteiger charge is 2.27. The molecule has 0 spiro atoms. The van der Waals surface area contributed by atoms with Gasteiger partial charge in [-0.2, -0.15) is 0 Å². The number of carbonyl (C=O) groups excluding carboxylic acids is 1. The van der Waals surface area contributed by atoms with E-state index in [0.29, 0.717) is 19.7 Å². The van der Waals surface area contributed by atoms with Gasteiger partial charge in [0.1, 0.15) is 6.10 Å². The predicted octanol–water partition coefficient (Wildman–Crippen LogP) is 3.39. The second-order valence-corrected chi connectivity index (χ2v) is 6.19. The molecule has 4 heteroatoms. The topological polar surface area (TPSA) is 34.5 Å². The molecule has 1 aliphatic rings. The molecular formula is C20H20N2O2. The zero-order valence-corrected chi connectivity index (χ0v) is 13.7. The monoisotopic (exact) mass is 320 g/mol. The van der Waals surface area contributed by atoms with E-state index in [-0.39, 0.29) is 12.0 Å². The van der Waals surface area contributed by atoms with Gasteiger partial charge in [-0.1, -0.05) is 36.4 Å². The average molecular weight is 320 g/mol. The lowest BCUT2D eigenvalue weighted by Crippen LogP contribution is -2.42. The first-order valence-electron chi connectivity index (χ1n) is 8.24. The van der Waals surface area contributed by atoms with Gasteiger partial charge in [-0.25, -0.2) is 0 Å². The molecule has 2 aromatic carbocycles. The maximum atomic E-state index is 13.1. The summed E-state index contributed by atoms with van der Waals surface area (Å²) in [6.45, 7) is 1.79. The van der Waals surface area contributed by atoms with Gasteiger partial charge in [-0.05, 0) is 23.8 Å². The first kappa shape index (κ1) is 15.0. The van der Waals surface area contributed by atoms with Gasteiger partial charge in [-0.3, -0.25) is 4.79 Å². The van der Waals surface area contributed by atoms with E-state index in [0.717, 1.165) is 22.0 Å². The highest BCUT2D eigenvalue weighted by atomic mass is 16.5. The van der Waals surface area contributed by atoms with E-state index in [2.05, 4.69) is 12.1 Å². The van der Waals surface area contributed by atoms with Gasteiger partial charge in [0.25, 0.3) is 5.91 Å². The molecule has 0 unspecified atom stereocenters. The second-order valence-electron chi connectivity index (χ2n) is 6.19. The van der Waals surface area contributed by atoms with Crippen molar-refractivity contribution >= 4 is 16.8 Å². The van der Waals surface area contributed by atoms with Crippen LogP contribution in [0.4, 0.5) is 0 Å². The van der Waals surface area contributed by atoms with E-state index in [9.17, 15) is 4.79 Å². The molecule has 4 nitrogen and oxygen atoms in total. The Kier molecular flexibility index (Phi) is 3.82. The van der Waals surface area contributed by atoms with Crippen molar-refractivity contribution in [2.45, 2.75) is 6.10 Å². The number of hydrogen-bond donors (Lipinski definition) is 0. The summed E-state index contributed by atoms with van der Waals surface area (Å²) in [4.78, 5) is 15.0. The molecule has 24 heavy (non-hydrogen) atoms. The minimum atomic E-state index is -0.0566. The van der Waals surface area contributed by atoms with Crippen molar-refractivity contribution < 1.29 is 9.53 Å². The summed E-state index contributed by atoms with van der Waals surface area (Å²) in [6, 6.07) is 18.0. The number of benzene rings is 2. The molecule has 4 rings (SSSR count). The van der Waals surface area contributed by atoms with Crippen LogP contribution in [0.2, 0.25) is 0 Å². The number of fused-ring (bicyclic) bond motifs is 1. The van der Waals surface area contributed by atoms with Crippen LogP contribution in [0, 0.1) is 0 Å². The van der Waals surface area contributed by atoms with Crippen molar-refractivity contribution in [2.75, 3.05) is 19.7 Å². The van der Waals surface area contributed by atoms with Crippen molar-refractivity contribution in [3.05, 3.63) is 71.9 Å². The average Bonchev–Trinajstić information content (AvgIpc) is 3.03. The summed E-state index contributed by atoms with van der Waals surface area (Å²) >= 11 is 0. The van der Waals surface area contributed by atoms with Crippen LogP contribution in [0.3, 0.4) is 0 Å². The van der Waals surface area contributed by atoms with Crippen molar-refractivity contribution in [3.8, 4) is 0 Å². The first-order chi connectivity index (χ1) is 11.7. The van der Waals surface area contributed by atoms with E-state index >= 15 is 0 Å². The third-order valence-corrected chi connectivity index (χ3v) is 4.68. The normalized spacial score (nSPS) is 18.0. The number of rotatable bonds is 2. The number of morpholine rings is 1. The number of ether oxygens (including phenoxy) is 1. The summed E-state index contributed by atoms with van der Waals surface area (Å²) < 4.78 is 7.91. The van der Waals surface area contributed by atoms with Gasteiger partial charge in [0.15, 0.2) is 0 Å². The summed E-state index contributed by atoms with van der Waals surface area (Å²) in [5.41, 5.74) is 2.96. The van der Waals surface area contributed by atoms with Crippen LogP contribution >= 0.6 is 0 Å². The molecule has 1 saturated heterocycles. The van der Waals surface area contributed by atoms with E-state index < -0.39 is 0 Å². The molecule has 0 aliphatic carbocycles. The Morgan fingerprint density at radius 3 is 2.75 bits per heavy atom. The van der Waals surface area contributed by atoms with E-state index in [4.69, 9.17) is 4.74 Å². The third-order valence-electron chi connectivity index (χ3n) is 4.68. The third kappa shape index (κ3) is 2.59. The van der Waals surface area contributed by atoms with E-state index in [1.165, 1.54) is 0 Å². The smallest absolute Gasteiger partial charge is 0.254 e. The highest BCUT2D eigenvalue weighted by Crippen LogP contribution is 2.25. The molecule has 0 saturated carbocycles. The highest BCUT2D eigenvalue weighted by molar-refractivity contribution is 6.06. The fourth-order valence-corrected chi connectivity index (χ4v) is 3.36. The lowest BCUT2D eigenvalue weighted by atomic mass is 10.1. The molecule has 0 bridgehead atoms. The molecule has 122 valence electrons. The second kappa shape index (κ2) is 6.13. The summed E-state index contributed by atoms with van der Waals surface area (Å²) in [7, 11) is 2.00. The minimum absolute atomic E-state index is 0.0566. The van der Waals surface area contributed by atoms with Crippen LogP contribution in [0.25, 0.3) is 10.9 Å². The molecule has 1 amide bonds. The number of amides is 1. The largest absolute Gasteiger partial charge is 0.370 e. The van der Waals surface area contributed by atoms with Crippen molar-refractivity contribution in [1.82, 2.24) is 9.47 Å². The Morgan fingerprint density at radius 1 is 1.08 bits per heavy atom. The molecule has 1 aliphatic heterocycles. The zero-order chi connectivity index (χ0) is 16.5. The predicted molar refractivity (Wildman–Crippen MR) is 94.0 cm³/mol. The zero-order valence-electron chi connectivity index (χ0n) is 13.7. The standard InChI is InChI=1S/C20H20N2O2/c1-21-11-10-16-17(8-5-9-18(16)21)20(23)22-12-13-24-19(14-22)15-6-3-2-4-7-15/h2-11,19H,12-14H2,1H3/t19-/m1/s1. The van der Waals surface area contributed by atoms with Gasteiger partial charge < -0.3 is 14.2 Å². The Hall–Kier alpha value is -2.59. The molecule has 2 heterocycles. The summed E-state index contributed by atoms with van der Waals surface area (Å²) in [6.07, 6.45) is 1.94. The molecule has 1 atom stereocenters. The molecule has 0 radical (unpaired) electrons. The number of aromatic nitrogens is 1. The molecule has 3 aromatic rings. The van der Waals surface area contributed by atoms with Crippen LogP contribution < -0.4 is 0 Å². The van der Waals surface area contributed by atoms with Crippen molar-refractivity contribution in [3.63, 3.8) is 0 Å². The number of carbonyl (C=O) groups is 1. The van der Waals surface area contributed by atoms with Crippen LogP contribution in [0.1, 0.15) is 22.0 Å². The van der Waals surface area contributed by atoms with Gasteiger partial charge in [0.05, 0.1) is 13.2 Å². The van der Waals surface area contributed by atoms with E-state index in [1.807, 2.05) is 65.2 Å². The van der Waals surface area contributed by atoms with Crippen molar-refractivity contribution in [1.29, 1.82) is 0 Å². The number of hydrogen-bond acceptors (Lipinski definition) is 2. The fourth-order valence-electron chi connectivity index (χ4n) is 3.36. The Morgan fingerprint density at radius 2 is 1.92 bits per heavy atom. The van der Waals surface area contributed by atoms with Gasteiger partial charge in [0, 0.05) is 36.3 Å². The molecule has 1 aromatic heterocycles. The lowest BCUT2D eigenvalue weighted by Gasteiger charge is -2.33. The van der Waals surface area contributed by atoms with Crippen LogP contribution in [-0.4, -0.2) is 35.1 Å². The maximum Gasteiger partial charge on any atom is 0.254 e. The fraction of sp³-hybridized carbons (Fsp3) is 0.250. The molecule has 0 N–H and O–H groups in total. The Labute approximate surface area is 141 Å². The molecular weight excluding hydrogens is 300 g/mol. The maximum absolute atomic E-state index is 13.1. The Bertz CT molecular complexity index is 870. The molecule has 1 fully saturated rings. The number of nitrogens with zero attached hydrogens (tertiary/aromatic N) is 2.